The molecule has 0 bridgehead atoms. The van der Waals surface area contributed by atoms with Gasteiger partial charge in [-0.3, -0.25) is 0 Å². The third-order valence-corrected chi connectivity index (χ3v) is 5.31. The molecule has 0 saturated carbocycles. The molecule has 5 nitrogen and oxygen atoms in total. The van der Waals surface area contributed by atoms with Crippen LogP contribution < -0.4 is 4.31 Å². The van der Waals surface area contributed by atoms with Crippen molar-refractivity contribution >= 4 is 26.5 Å². The highest BCUT2D eigenvalue weighted by Gasteiger charge is 2.26. The zero-order chi connectivity index (χ0) is 14.6. The highest BCUT2D eigenvalue weighted by molar-refractivity contribution is 7.93. The van der Waals surface area contributed by atoms with Gasteiger partial charge in [0.15, 0.2) is 0 Å². The van der Waals surface area contributed by atoms with Crippen LogP contribution in [-0.2, 0) is 10.0 Å². The van der Waals surface area contributed by atoms with E-state index >= 15 is 0 Å². The highest BCUT2D eigenvalue weighted by atomic mass is 32.2. The summed E-state index contributed by atoms with van der Waals surface area (Å²) in [6.45, 7) is 3.88. The van der Waals surface area contributed by atoms with Gasteiger partial charge in [-0.05, 0) is 26.0 Å². The van der Waals surface area contributed by atoms with Crippen molar-refractivity contribution in [2.45, 2.75) is 18.7 Å². The Morgan fingerprint density at radius 3 is 2.50 bits per heavy atom. The number of hydrogen-bond acceptors (Lipinski definition) is 5. The maximum absolute atomic E-state index is 12.7. The molecule has 2 aromatic rings. The van der Waals surface area contributed by atoms with Gasteiger partial charge in [0.25, 0.3) is 10.0 Å². The Morgan fingerprint density at radius 2 is 1.95 bits per heavy atom. The van der Waals surface area contributed by atoms with Crippen LogP contribution in [0.1, 0.15) is 11.9 Å². The fourth-order valence-corrected chi connectivity index (χ4v) is 3.88. The zero-order valence-corrected chi connectivity index (χ0v) is 12.9. The standard InChI is InChI=1S/C13H15N3O2S2/c1-3-4-10-16(13-15-14-11(2)19-13)20(17,18)12-8-6-5-7-9-12/h3-9H,10H2,1-2H3/b4-3+. The molecule has 0 spiro atoms. The van der Waals surface area contributed by atoms with Crippen LogP contribution in [0.4, 0.5) is 5.13 Å². The molecule has 106 valence electrons. The molecule has 2 rings (SSSR count). The smallest absolute Gasteiger partial charge is 0.236 e. The van der Waals surface area contributed by atoms with Crippen molar-refractivity contribution < 1.29 is 8.42 Å². The molecule has 0 amide bonds. The molecule has 0 aliphatic heterocycles. The third kappa shape index (κ3) is 3.05. The summed E-state index contributed by atoms with van der Waals surface area (Å²) in [6.07, 6.45) is 3.58. The molecular weight excluding hydrogens is 294 g/mol. The Hall–Kier alpha value is -1.73. The Morgan fingerprint density at radius 1 is 1.25 bits per heavy atom. The van der Waals surface area contributed by atoms with Crippen LogP contribution in [-0.4, -0.2) is 25.2 Å². The first kappa shape index (κ1) is 14.7. The molecule has 0 saturated heterocycles. The van der Waals surface area contributed by atoms with Crippen LogP contribution in [0.15, 0.2) is 47.4 Å². The van der Waals surface area contributed by atoms with Gasteiger partial charge in [0, 0.05) is 0 Å². The van der Waals surface area contributed by atoms with Gasteiger partial charge < -0.3 is 0 Å². The number of aromatic nitrogens is 2. The minimum Gasteiger partial charge on any atom is -0.236 e. The second-order valence-corrected chi connectivity index (χ2v) is 7.04. The van der Waals surface area contributed by atoms with Crippen LogP contribution in [0.2, 0.25) is 0 Å². The van der Waals surface area contributed by atoms with Crippen molar-refractivity contribution in [2.75, 3.05) is 10.8 Å². The predicted octanol–water partition coefficient (Wildman–Crippen LogP) is 2.62. The van der Waals surface area contributed by atoms with Gasteiger partial charge in [-0.1, -0.05) is 41.7 Å². The molecule has 0 unspecified atom stereocenters. The normalized spacial score (nSPS) is 11.9. The zero-order valence-electron chi connectivity index (χ0n) is 11.2. The van der Waals surface area contributed by atoms with Crippen molar-refractivity contribution in [3.05, 3.63) is 47.5 Å². The first-order valence-corrected chi connectivity index (χ1v) is 8.30. The first-order chi connectivity index (χ1) is 9.55. The predicted molar refractivity (Wildman–Crippen MR) is 80.4 cm³/mol. The van der Waals surface area contributed by atoms with E-state index in [1.165, 1.54) is 15.6 Å². The lowest BCUT2D eigenvalue weighted by Gasteiger charge is -2.19. The minimum atomic E-state index is -3.62. The highest BCUT2D eigenvalue weighted by Crippen LogP contribution is 2.26. The molecule has 1 heterocycles. The Labute approximate surface area is 122 Å². The van der Waals surface area contributed by atoms with Crippen LogP contribution >= 0.6 is 11.3 Å². The number of sulfonamides is 1. The lowest BCUT2D eigenvalue weighted by molar-refractivity contribution is 0.592. The molecule has 0 aliphatic rings. The number of rotatable bonds is 5. The lowest BCUT2D eigenvalue weighted by Crippen LogP contribution is -2.31. The molecule has 0 radical (unpaired) electrons. The van der Waals surface area contributed by atoms with Gasteiger partial charge in [0.1, 0.15) is 5.01 Å². The number of benzene rings is 1. The Bertz CT molecular complexity index is 693. The maximum atomic E-state index is 12.7. The van der Waals surface area contributed by atoms with Crippen LogP contribution in [0.5, 0.6) is 0 Å². The van der Waals surface area contributed by atoms with Gasteiger partial charge >= 0.3 is 0 Å². The molecule has 7 heteroatoms. The van der Waals surface area contributed by atoms with Crippen LogP contribution in [0, 0.1) is 6.92 Å². The van der Waals surface area contributed by atoms with E-state index in [2.05, 4.69) is 10.2 Å². The van der Waals surface area contributed by atoms with E-state index in [0.717, 1.165) is 5.01 Å². The number of aryl methyl sites for hydroxylation is 1. The Kier molecular flexibility index (Phi) is 4.51. The second kappa shape index (κ2) is 6.15. The second-order valence-electron chi connectivity index (χ2n) is 4.02. The molecule has 0 atom stereocenters. The Balaban J connectivity index is 2.46. The van der Waals surface area contributed by atoms with Gasteiger partial charge in [-0.25, -0.2) is 12.7 Å². The summed E-state index contributed by atoms with van der Waals surface area (Å²) in [5.41, 5.74) is 0. The van der Waals surface area contributed by atoms with Crippen molar-refractivity contribution in [2.24, 2.45) is 0 Å². The van der Waals surface area contributed by atoms with E-state index in [-0.39, 0.29) is 11.4 Å². The average molecular weight is 309 g/mol. The summed E-state index contributed by atoms with van der Waals surface area (Å²) in [6, 6.07) is 8.33. The molecular formula is C13H15N3O2S2. The van der Waals surface area contributed by atoms with E-state index in [1.807, 2.05) is 6.92 Å². The fourth-order valence-electron chi connectivity index (χ4n) is 1.59. The number of nitrogens with zero attached hydrogens (tertiary/aromatic N) is 3. The summed E-state index contributed by atoms with van der Waals surface area (Å²) in [5.74, 6) is 0. The maximum Gasteiger partial charge on any atom is 0.266 e. The fraction of sp³-hybridized carbons (Fsp3) is 0.231. The topological polar surface area (TPSA) is 63.2 Å². The number of hydrogen-bond donors (Lipinski definition) is 0. The van der Waals surface area contributed by atoms with E-state index in [1.54, 1.807) is 49.4 Å². The molecule has 0 N–H and O–H groups in total. The minimum absolute atomic E-state index is 0.238. The van der Waals surface area contributed by atoms with E-state index in [0.29, 0.717) is 5.13 Å². The average Bonchev–Trinajstić information content (AvgIpc) is 2.86. The lowest BCUT2D eigenvalue weighted by atomic mass is 10.4. The summed E-state index contributed by atoms with van der Waals surface area (Å²) in [4.78, 5) is 0.248. The number of allylic oxidation sites excluding steroid dienone is 1. The van der Waals surface area contributed by atoms with Gasteiger partial charge in [0.2, 0.25) is 5.13 Å². The first-order valence-electron chi connectivity index (χ1n) is 6.04. The van der Waals surface area contributed by atoms with Crippen LogP contribution in [0.25, 0.3) is 0 Å². The van der Waals surface area contributed by atoms with Crippen molar-refractivity contribution in [3.63, 3.8) is 0 Å². The van der Waals surface area contributed by atoms with E-state index < -0.39 is 10.0 Å². The third-order valence-electron chi connectivity index (χ3n) is 2.57. The van der Waals surface area contributed by atoms with Gasteiger partial charge in [-0.15, -0.1) is 10.2 Å². The molecule has 0 fully saturated rings. The number of anilines is 1. The van der Waals surface area contributed by atoms with Gasteiger partial charge in [-0.2, -0.15) is 0 Å². The molecule has 1 aromatic carbocycles. The summed E-state index contributed by atoms with van der Waals surface area (Å²) >= 11 is 1.26. The van der Waals surface area contributed by atoms with Crippen molar-refractivity contribution in [3.8, 4) is 0 Å². The molecule has 0 aliphatic carbocycles. The summed E-state index contributed by atoms with van der Waals surface area (Å²) < 4.78 is 26.6. The monoisotopic (exact) mass is 309 g/mol. The van der Waals surface area contributed by atoms with Crippen molar-refractivity contribution in [1.29, 1.82) is 0 Å². The van der Waals surface area contributed by atoms with Crippen LogP contribution in [0.3, 0.4) is 0 Å². The van der Waals surface area contributed by atoms with E-state index in [4.69, 9.17) is 0 Å². The summed E-state index contributed by atoms with van der Waals surface area (Å²) in [7, 11) is -3.62. The van der Waals surface area contributed by atoms with Gasteiger partial charge in [0.05, 0.1) is 11.4 Å². The van der Waals surface area contributed by atoms with E-state index in [9.17, 15) is 8.42 Å². The SMILES string of the molecule is C/C=C/CN(c1nnc(C)s1)S(=O)(=O)c1ccccc1. The molecule has 1 aromatic heterocycles. The molecule has 20 heavy (non-hydrogen) atoms. The quantitative estimate of drug-likeness (QED) is 0.797. The summed E-state index contributed by atoms with van der Waals surface area (Å²) in [5, 5.41) is 8.94. The van der Waals surface area contributed by atoms with Crippen molar-refractivity contribution in [1.82, 2.24) is 10.2 Å². The largest absolute Gasteiger partial charge is 0.266 e.